The summed E-state index contributed by atoms with van der Waals surface area (Å²) in [6.45, 7) is 13.7. The summed E-state index contributed by atoms with van der Waals surface area (Å²) in [6.07, 6.45) is -0.814. The van der Waals surface area contributed by atoms with Gasteiger partial charge in [0.15, 0.2) is 0 Å². The number of nitro groups is 1. The van der Waals surface area contributed by atoms with Gasteiger partial charge in [-0.3, -0.25) is 34.3 Å². The molecule has 2 fully saturated rings. The fraction of sp³-hybridized carbons (Fsp3) is 0.561. The van der Waals surface area contributed by atoms with E-state index >= 15 is 0 Å². The number of aryl methyl sites for hydroxylation is 1. The highest BCUT2D eigenvalue weighted by molar-refractivity contribution is 7.89. The Morgan fingerprint density at radius 2 is 1.66 bits per heavy atom. The summed E-state index contributed by atoms with van der Waals surface area (Å²) in [6, 6.07) is 10.7. The molecule has 6 N–H and O–H groups in total. The van der Waals surface area contributed by atoms with Crippen molar-refractivity contribution in [2.24, 2.45) is 10.6 Å². The molecule has 2 aliphatic rings. The van der Waals surface area contributed by atoms with Gasteiger partial charge in [-0.1, -0.05) is 51.1 Å². The lowest BCUT2D eigenvalue weighted by Gasteiger charge is -2.35. The normalized spacial score (nSPS) is 18.6. The number of nitro benzene ring substituents is 1. The number of likely N-dealkylation sites (tertiary alicyclic amines) is 1. The minimum atomic E-state index is -4.06. The lowest BCUT2D eigenvalue weighted by Crippen LogP contribution is -2.58. The molecule has 3 unspecified atom stereocenters. The molecule has 2 aliphatic heterocycles. The highest BCUT2D eigenvalue weighted by Gasteiger charge is 2.45. The molecule has 0 spiro atoms. The summed E-state index contributed by atoms with van der Waals surface area (Å²) in [7, 11) is -4.06. The first-order valence-corrected chi connectivity index (χ1v) is 23.0. The first-order valence-electron chi connectivity index (χ1n) is 20.6. The van der Waals surface area contributed by atoms with E-state index in [-0.39, 0.29) is 54.8 Å². The summed E-state index contributed by atoms with van der Waals surface area (Å²) < 4.78 is 34.6. The number of thiazole rings is 1. The van der Waals surface area contributed by atoms with Crippen molar-refractivity contribution >= 4 is 50.5 Å². The number of β-amino-alcohol motifs (C(OH)–C–C–N with tert-alkyl or cyclic N) is 1. The second kappa shape index (κ2) is 22.1. The number of hydrogen-bond donors (Lipinski definition) is 5. The molecule has 21 heteroatoms. The molecule has 0 bridgehead atoms. The van der Waals surface area contributed by atoms with Crippen molar-refractivity contribution in [3.8, 4) is 0 Å². The molecule has 2 aromatic carbocycles. The monoisotopic (exact) mass is 901 g/mol. The number of aliphatic hydroxyl groups is 1. The van der Waals surface area contributed by atoms with Crippen molar-refractivity contribution in [2.75, 3.05) is 84.1 Å². The SMILES string of the molecule is Cc1ncsc1C(NC(=O)C1CC(O)CN1C(=O)[C@@H](NC(=O)CCOCCOCCN1CCN(CCNc2ccc(S(N)(=O)=O)cc2[N+](=O)[O-])CC1)C(C)(C)C)c1ccccc1. The van der Waals surface area contributed by atoms with Crippen molar-refractivity contribution in [3.05, 3.63) is 80.3 Å². The molecule has 3 heterocycles. The second-order valence-corrected chi connectivity index (χ2v) is 18.9. The number of primary sulfonamides is 1. The number of amides is 3. The Bertz CT molecular complexity index is 2090. The molecule has 5 rings (SSSR count). The average molecular weight is 902 g/mol. The van der Waals surface area contributed by atoms with E-state index in [1.165, 1.54) is 28.4 Å². The molecular formula is C41H59N9O10S2. The Hall–Kier alpha value is -4.61. The second-order valence-electron chi connectivity index (χ2n) is 16.5. The zero-order chi connectivity index (χ0) is 45.0. The summed E-state index contributed by atoms with van der Waals surface area (Å²) in [5.74, 6) is -1.22. The molecule has 3 aromatic rings. The van der Waals surface area contributed by atoms with Gasteiger partial charge in [-0.2, -0.15) is 0 Å². The number of nitrogens with two attached hydrogens (primary N) is 1. The van der Waals surface area contributed by atoms with Crippen molar-refractivity contribution in [1.29, 1.82) is 0 Å². The molecular weight excluding hydrogens is 843 g/mol. The summed E-state index contributed by atoms with van der Waals surface area (Å²) in [4.78, 5) is 62.8. The van der Waals surface area contributed by atoms with Gasteiger partial charge < -0.3 is 35.4 Å². The van der Waals surface area contributed by atoms with Crippen molar-refractivity contribution in [2.45, 2.75) is 69.7 Å². The maximum atomic E-state index is 14.1. The number of aromatic nitrogens is 1. The van der Waals surface area contributed by atoms with E-state index in [0.29, 0.717) is 26.3 Å². The summed E-state index contributed by atoms with van der Waals surface area (Å²) in [5.41, 5.74) is 2.55. The van der Waals surface area contributed by atoms with Gasteiger partial charge in [0, 0.05) is 71.3 Å². The maximum Gasteiger partial charge on any atom is 0.293 e. The fourth-order valence-corrected chi connectivity index (χ4v) is 8.79. The van der Waals surface area contributed by atoms with E-state index in [9.17, 15) is 38.0 Å². The number of aliphatic hydroxyl groups excluding tert-OH is 1. The first-order chi connectivity index (χ1) is 29.4. The van der Waals surface area contributed by atoms with Crippen LogP contribution in [0.2, 0.25) is 0 Å². The van der Waals surface area contributed by atoms with Gasteiger partial charge in [0.1, 0.15) is 17.8 Å². The number of benzene rings is 2. The Labute approximate surface area is 366 Å². The number of sulfonamides is 1. The molecule has 1 aromatic heterocycles. The summed E-state index contributed by atoms with van der Waals surface area (Å²) in [5, 5.41) is 36.3. The van der Waals surface area contributed by atoms with Crippen LogP contribution in [0, 0.1) is 22.5 Å². The quantitative estimate of drug-likeness (QED) is 0.0582. The molecule has 19 nitrogen and oxygen atoms in total. The van der Waals surface area contributed by atoms with Gasteiger partial charge in [0.2, 0.25) is 27.7 Å². The van der Waals surface area contributed by atoms with Gasteiger partial charge in [0.25, 0.3) is 5.69 Å². The van der Waals surface area contributed by atoms with E-state index in [0.717, 1.165) is 54.9 Å². The average Bonchev–Trinajstić information content (AvgIpc) is 3.84. The van der Waals surface area contributed by atoms with Crippen LogP contribution in [0.5, 0.6) is 0 Å². The molecule has 4 atom stereocenters. The zero-order valence-corrected chi connectivity index (χ0v) is 37.3. The van der Waals surface area contributed by atoms with Crippen LogP contribution >= 0.6 is 11.3 Å². The molecule has 340 valence electrons. The van der Waals surface area contributed by atoms with Crippen LogP contribution in [-0.4, -0.2) is 153 Å². The third-order valence-corrected chi connectivity index (χ3v) is 12.8. The number of piperazine rings is 1. The number of ether oxygens (including phenoxy) is 2. The lowest BCUT2D eigenvalue weighted by atomic mass is 9.85. The minimum Gasteiger partial charge on any atom is -0.391 e. The Kier molecular flexibility index (Phi) is 17.3. The number of nitrogens with zero attached hydrogens (tertiary/aromatic N) is 5. The highest BCUT2D eigenvalue weighted by atomic mass is 32.2. The van der Waals surface area contributed by atoms with Gasteiger partial charge in [-0.15, -0.1) is 11.3 Å². The highest BCUT2D eigenvalue weighted by Crippen LogP contribution is 2.31. The van der Waals surface area contributed by atoms with E-state index in [1.807, 2.05) is 58.0 Å². The number of anilines is 1. The van der Waals surface area contributed by atoms with Crippen LogP contribution in [0.4, 0.5) is 11.4 Å². The van der Waals surface area contributed by atoms with E-state index < -0.39 is 56.4 Å². The van der Waals surface area contributed by atoms with Crippen molar-refractivity contribution < 1.29 is 42.3 Å². The molecule has 2 saturated heterocycles. The zero-order valence-electron chi connectivity index (χ0n) is 35.7. The third kappa shape index (κ3) is 13.7. The maximum absolute atomic E-state index is 14.1. The number of rotatable bonds is 21. The standard InChI is InChI=1S/C41H59N9O10S2/c1-28-37(61-27-44-28)36(29-8-6-5-7-9-29)46-39(53)34-24-30(51)26-49(34)40(54)38(41(2,3)4)45-35(52)12-20-59-22-23-60-21-19-48-17-15-47(16-18-48)14-13-43-32-11-10-31(62(42,57)58)25-33(32)50(55)56/h5-11,25,27,30,34,36,38,43,51H,12-24,26H2,1-4H3,(H,45,52)(H,46,53)(H2,42,57,58)/t30?,34?,36?,38-/m1/s1. The predicted molar refractivity (Wildman–Crippen MR) is 233 cm³/mol. The van der Waals surface area contributed by atoms with Gasteiger partial charge in [-0.25, -0.2) is 18.5 Å². The molecule has 0 saturated carbocycles. The first kappa shape index (κ1) is 48.4. The summed E-state index contributed by atoms with van der Waals surface area (Å²) >= 11 is 1.43. The predicted octanol–water partition coefficient (Wildman–Crippen LogP) is 1.86. The van der Waals surface area contributed by atoms with Gasteiger partial charge in [0.05, 0.1) is 64.5 Å². The van der Waals surface area contributed by atoms with E-state index in [2.05, 4.69) is 30.7 Å². The number of carbonyl (C=O) groups is 3. The van der Waals surface area contributed by atoms with Gasteiger partial charge in [-0.05, 0) is 30.0 Å². The molecule has 62 heavy (non-hydrogen) atoms. The number of carbonyl (C=O) groups excluding carboxylic acids is 3. The Balaban J connectivity index is 0.983. The topological polar surface area (TPSA) is 252 Å². The molecule has 0 radical (unpaired) electrons. The van der Waals surface area contributed by atoms with Crippen LogP contribution in [0.3, 0.4) is 0 Å². The smallest absolute Gasteiger partial charge is 0.293 e. The lowest BCUT2D eigenvalue weighted by molar-refractivity contribution is -0.384. The Morgan fingerprint density at radius 1 is 1.00 bits per heavy atom. The van der Waals surface area contributed by atoms with Crippen LogP contribution < -0.4 is 21.1 Å². The van der Waals surface area contributed by atoms with Crippen LogP contribution in [0.1, 0.15) is 55.8 Å². The van der Waals surface area contributed by atoms with Crippen LogP contribution in [-0.2, 0) is 33.9 Å². The molecule has 0 aliphatic carbocycles. The minimum absolute atomic E-state index is 0.0148. The van der Waals surface area contributed by atoms with E-state index in [1.54, 1.807) is 5.51 Å². The number of nitrogens with one attached hydrogen (secondary N) is 3. The Morgan fingerprint density at radius 3 is 2.27 bits per heavy atom. The molecule has 3 amide bonds. The number of hydrogen-bond acceptors (Lipinski definition) is 15. The van der Waals surface area contributed by atoms with Crippen molar-refractivity contribution in [1.82, 2.24) is 30.3 Å². The largest absolute Gasteiger partial charge is 0.391 e. The van der Waals surface area contributed by atoms with Crippen LogP contribution in [0.25, 0.3) is 0 Å². The van der Waals surface area contributed by atoms with Crippen LogP contribution in [0.15, 0.2) is 58.9 Å². The van der Waals surface area contributed by atoms with E-state index in [4.69, 9.17) is 14.6 Å². The third-order valence-electron chi connectivity index (χ3n) is 10.8. The van der Waals surface area contributed by atoms with Gasteiger partial charge >= 0.3 is 0 Å². The van der Waals surface area contributed by atoms with Crippen molar-refractivity contribution in [3.63, 3.8) is 0 Å². The fourth-order valence-electron chi connectivity index (χ4n) is 7.38.